The van der Waals surface area contributed by atoms with Crippen LogP contribution in [-0.4, -0.2) is 40.6 Å². The molecule has 0 bridgehead atoms. The lowest BCUT2D eigenvalue weighted by Gasteiger charge is -2.36. The number of nitrogens with zero attached hydrogens (tertiary/aromatic N) is 1. The lowest BCUT2D eigenvalue weighted by atomic mass is 9.92. The first kappa shape index (κ1) is 20.2. The Balaban J connectivity index is 1.28. The van der Waals surface area contributed by atoms with Crippen molar-refractivity contribution in [3.63, 3.8) is 0 Å². The zero-order chi connectivity index (χ0) is 19.6. The summed E-state index contributed by atoms with van der Waals surface area (Å²) in [6.07, 6.45) is 7.15. The Morgan fingerprint density at radius 2 is 1.50 bits per heavy atom. The molecule has 0 spiro atoms. The number of aliphatic hydroxyl groups is 2. The van der Waals surface area contributed by atoms with Crippen LogP contribution < -0.4 is 15.4 Å². The number of unbranched alkanes of at least 4 members (excludes halogenated alkanes) is 4. The predicted molar refractivity (Wildman–Crippen MR) is 110 cm³/mol. The molecule has 28 heavy (non-hydrogen) atoms. The number of ether oxygens (including phenoxy) is 1. The van der Waals surface area contributed by atoms with E-state index in [1.165, 1.54) is 0 Å². The first-order chi connectivity index (χ1) is 13.8. The Hall–Kier alpha value is -2.57. The van der Waals surface area contributed by atoms with Gasteiger partial charge < -0.3 is 25.6 Å². The molecule has 2 unspecified atom stereocenters. The fraction of sp³-hybridized carbons (Fsp3) is 0.409. The summed E-state index contributed by atoms with van der Waals surface area (Å²) in [4.78, 5) is 3.97. The van der Waals surface area contributed by atoms with E-state index in [1.807, 2.05) is 42.5 Å². The van der Waals surface area contributed by atoms with Crippen LogP contribution in [0.4, 0.5) is 5.69 Å². The molecule has 0 saturated heterocycles. The van der Waals surface area contributed by atoms with Crippen LogP contribution in [0.15, 0.2) is 66.3 Å². The number of aromatic nitrogens is 1. The van der Waals surface area contributed by atoms with Gasteiger partial charge in [-0.05, 0) is 37.1 Å². The van der Waals surface area contributed by atoms with Crippen molar-refractivity contribution in [3.05, 3.63) is 66.3 Å². The van der Waals surface area contributed by atoms with Crippen LogP contribution in [0.5, 0.6) is 5.75 Å². The number of nitrogens with one attached hydrogen (secondary N) is 2. The molecular formula is C22H29N3O3. The third-order valence-electron chi connectivity index (χ3n) is 4.79. The fourth-order valence-electron chi connectivity index (χ4n) is 3.16. The summed E-state index contributed by atoms with van der Waals surface area (Å²) in [5.74, 6) is 0.928. The highest BCUT2D eigenvalue weighted by Crippen LogP contribution is 2.28. The molecule has 1 aromatic heterocycles. The van der Waals surface area contributed by atoms with Gasteiger partial charge in [0, 0.05) is 24.6 Å². The van der Waals surface area contributed by atoms with Gasteiger partial charge in [-0.3, -0.25) is 4.98 Å². The molecule has 1 aliphatic carbocycles. The van der Waals surface area contributed by atoms with Gasteiger partial charge >= 0.3 is 0 Å². The van der Waals surface area contributed by atoms with E-state index in [0.717, 1.165) is 56.7 Å². The van der Waals surface area contributed by atoms with Gasteiger partial charge in [-0.2, -0.15) is 0 Å². The van der Waals surface area contributed by atoms with Crippen molar-refractivity contribution in [3.8, 4) is 5.75 Å². The van der Waals surface area contributed by atoms with E-state index in [4.69, 9.17) is 4.74 Å². The number of para-hydroxylation sites is 1. The van der Waals surface area contributed by atoms with E-state index in [0.29, 0.717) is 11.4 Å². The predicted octanol–water partition coefficient (Wildman–Crippen LogP) is 3.06. The van der Waals surface area contributed by atoms with Crippen LogP contribution in [-0.2, 0) is 0 Å². The molecule has 1 aromatic carbocycles. The summed E-state index contributed by atoms with van der Waals surface area (Å²) in [6.45, 7) is 1.53. The molecule has 0 fully saturated rings. The van der Waals surface area contributed by atoms with Gasteiger partial charge in [0.1, 0.15) is 18.0 Å². The molecule has 3 rings (SSSR count). The third-order valence-corrected chi connectivity index (χ3v) is 4.79. The highest BCUT2D eigenvalue weighted by molar-refractivity contribution is 5.53. The zero-order valence-corrected chi connectivity index (χ0v) is 16.1. The molecule has 1 aliphatic rings. The molecule has 0 aliphatic heterocycles. The fourth-order valence-corrected chi connectivity index (χ4v) is 3.16. The second-order valence-electron chi connectivity index (χ2n) is 6.93. The van der Waals surface area contributed by atoms with Crippen molar-refractivity contribution < 1.29 is 14.9 Å². The monoisotopic (exact) mass is 383 g/mol. The summed E-state index contributed by atoms with van der Waals surface area (Å²) in [6, 6.07) is 13.5. The number of pyridine rings is 1. The molecule has 150 valence electrons. The number of rotatable bonds is 12. The van der Waals surface area contributed by atoms with E-state index in [2.05, 4.69) is 15.6 Å². The summed E-state index contributed by atoms with van der Waals surface area (Å²) in [5, 5.41) is 26.4. The van der Waals surface area contributed by atoms with Crippen LogP contribution >= 0.6 is 0 Å². The molecule has 6 heteroatoms. The lowest BCUT2D eigenvalue weighted by molar-refractivity contribution is 0.0324. The maximum atomic E-state index is 9.98. The van der Waals surface area contributed by atoms with Crippen molar-refractivity contribution in [1.29, 1.82) is 0 Å². The van der Waals surface area contributed by atoms with Crippen LogP contribution in [0.1, 0.15) is 32.1 Å². The quantitative estimate of drug-likeness (QED) is 0.422. The van der Waals surface area contributed by atoms with E-state index in [-0.39, 0.29) is 0 Å². The minimum Gasteiger partial charge on any atom is -0.494 e. The SMILES string of the molecule is OC1C(NCCCCCCCOc2ccccc2)=C(Nc2ccncc2)C1O. The molecule has 2 atom stereocenters. The van der Waals surface area contributed by atoms with Crippen LogP contribution in [0.25, 0.3) is 0 Å². The van der Waals surface area contributed by atoms with Crippen molar-refractivity contribution in [1.82, 2.24) is 10.3 Å². The highest BCUT2D eigenvalue weighted by atomic mass is 16.5. The van der Waals surface area contributed by atoms with Gasteiger partial charge in [0.05, 0.1) is 18.0 Å². The van der Waals surface area contributed by atoms with E-state index < -0.39 is 12.2 Å². The minimum absolute atomic E-state index is 0.636. The minimum atomic E-state index is -0.875. The molecule has 4 N–H and O–H groups in total. The number of hydrogen-bond donors (Lipinski definition) is 4. The van der Waals surface area contributed by atoms with Crippen molar-refractivity contribution in [2.24, 2.45) is 0 Å². The zero-order valence-electron chi connectivity index (χ0n) is 16.1. The van der Waals surface area contributed by atoms with Gasteiger partial charge in [-0.15, -0.1) is 0 Å². The second-order valence-corrected chi connectivity index (χ2v) is 6.93. The van der Waals surface area contributed by atoms with Gasteiger partial charge in [0.2, 0.25) is 0 Å². The summed E-state index contributed by atoms with van der Waals surface area (Å²) < 4.78 is 5.69. The van der Waals surface area contributed by atoms with Crippen LogP contribution in [0, 0.1) is 0 Å². The Morgan fingerprint density at radius 3 is 2.29 bits per heavy atom. The average Bonchev–Trinajstić information content (AvgIpc) is 2.75. The standard InChI is InChI=1S/C22H29N3O3/c26-21-19(20(22(21)27)25-17-11-14-23-15-12-17)24-13-7-2-1-3-8-16-28-18-9-5-4-6-10-18/h4-6,9-12,14-15,21-22,24,26-27H,1-3,7-8,13,16H2,(H,23,25). The molecule has 0 amide bonds. The first-order valence-corrected chi connectivity index (χ1v) is 9.94. The van der Waals surface area contributed by atoms with Gasteiger partial charge in [-0.1, -0.05) is 37.5 Å². The summed E-state index contributed by atoms with van der Waals surface area (Å²) in [5.41, 5.74) is 2.16. The molecule has 0 saturated carbocycles. The average molecular weight is 383 g/mol. The maximum absolute atomic E-state index is 9.98. The lowest BCUT2D eigenvalue weighted by Crippen LogP contribution is -2.49. The maximum Gasteiger partial charge on any atom is 0.127 e. The Bertz CT molecular complexity index is 737. The normalized spacial score (nSPS) is 18.5. The molecular weight excluding hydrogens is 354 g/mol. The summed E-state index contributed by atoms with van der Waals surface area (Å²) >= 11 is 0. The van der Waals surface area contributed by atoms with Gasteiger partial charge in [0.25, 0.3) is 0 Å². The van der Waals surface area contributed by atoms with Crippen molar-refractivity contribution in [2.45, 2.75) is 44.3 Å². The van der Waals surface area contributed by atoms with E-state index in [9.17, 15) is 10.2 Å². The molecule has 1 heterocycles. The number of anilines is 1. The number of aliphatic hydroxyl groups excluding tert-OH is 2. The summed E-state index contributed by atoms with van der Waals surface area (Å²) in [7, 11) is 0. The Labute approximate surface area is 166 Å². The molecule has 2 aromatic rings. The number of hydrogen-bond acceptors (Lipinski definition) is 6. The molecule has 6 nitrogen and oxygen atoms in total. The third kappa shape index (κ3) is 5.71. The van der Waals surface area contributed by atoms with Crippen molar-refractivity contribution >= 4 is 5.69 Å². The number of benzene rings is 1. The van der Waals surface area contributed by atoms with Gasteiger partial charge in [-0.25, -0.2) is 0 Å². The highest BCUT2D eigenvalue weighted by Gasteiger charge is 2.38. The van der Waals surface area contributed by atoms with Crippen molar-refractivity contribution in [2.75, 3.05) is 18.5 Å². The Kier molecular flexibility index (Phi) is 7.70. The largest absolute Gasteiger partial charge is 0.494 e. The smallest absolute Gasteiger partial charge is 0.127 e. The van der Waals surface area contributed by atoms with E-state index >= 15 is 0 Å². The second kappa shape index (κ2) is 10.7. The topological polar surface area (TPSA) is 86.6 Å². The first-order valence-electron chi connectivity index (χ1n) is 9.94. The van der Waals surface area contributed by atoms with Crippen LogP contribution in [0.3, 0.4) is 0 Å². The molecule has 0 radical (unpaired) electrons. The van der Waals surface area contributed by atoms with Gasteiger partial charge in [0.15, 0.2) is 0 Å². The Morgan fingerprint density at radius 1 is 0.821 bits per heavy atom. The van der Waals surface area contributed by atoms with E-state index in [1.54, 1.807) is 12.4 Å². The van der Waals surface area contributed by atoms with Crippen LogP contribution in [0.2, 0.25) is 0 Å².